The van der Waals surface area contributed by atoms with Gasteiger partial charge in [0.15, 0.2) is 6.29 Å². The Hall–Kier alpha value is -0.420. The molecule has 0 aromatic rings. The zero-order valence-corrected chi connectivity index (χ0v) is 6.38. The second-order valence-electron chi connectivity index (χ2n) is 1.38. The fourth-order valence-electron chi connectivity index (χ4n) is 0. The summed E-state index contributed by atoms with van der Waals surface area (Å²) >= 11 is 0. The number of carboxylic acid groups (broad SMARTS) is 1. The van der Waals surface area contributed by atoms with Crippen LogP contribution in [0.3, 0.4) is 0 Å². The summed E-state index contributed by atoms with van der Waals surface area (Å²) in [6.45, 7) is 0.972. The molecule has 0 aliphatic carbocycles. The van der Waals surface area contributed by atoms with E-state index in [1.54, 1.807) is 0 Å². The third-order valence-electron chi connectivity index (χ3n) is 0.291. The lowest BCUT2D eigenvalue weighted by Crippen LogP contribution is -2.49. The van der Waals surface area contributed by atoms with Crippen LogP contribution in [0.25, 0.3) is 0 Å². The molecule has 7 heteroatoms. The second kappa shape index (κ2) is 5.37. The molecule has 0 aromatic carbocycles. The molecule has 5 N–H and O–H groups in total. The molecule has 0 aromatic heterocycles. The average Bonchev–Trinajstić information content (AvgIpc) is 1.63. The van der Waals surface area contributed by atoms with E-state index in [4.69, 9.17) is 19.7 Å². The van der Waals surface area contributed by atoms with Gasteiger partial charge in [-0.05, 0) is 6.92 Å². The van der Waals surface area contributed by atoms with E-state index in [2.05, 4.69) is 5.73 Å². The Balaban J connectivity index is 0. The number of hydrogen-bond donors (Lipinski definition) is 3. The molecular formula is C3H10NO5P. The van der Waals surface area contributed by atoms with Crippen molar-refractivity contribution in [2.45, 2.75) is 6.92 Å². The maximum absolute atomic E-state index is 9.63. The second-order valence-corrected chi connectivity index (χ2v) is 3.16. The van der Waals surface area contributed by atoms with Crippen LogP contribution in [0.1, 0.15) is 6.92 Å². The number of hydrogen-bond acceptors (Lipinski definition) is 3. The molecule has 0 amide bonds. The summed E-state index contributed by atoms with van der Waals surface area (Å²) in [7, 11) is -3.76. The van der Waals surface area contributed by atoms with Crippen molar-refractivity contribution in [1.82, 2.24) is 0 Å². The zero-order valence-electron chi connectivity index (χ0n) is 5.48. The van der Waals surface area contributed by atoms with E-state index >= 15 is 0 Å². The Bertz CT molecular complexity index is 136. The summed E-state index contributed by atoms with van der Waals surface area (Å²) in [5, 5.41) is 8.89. The first-order valence-electron chi connectivity index (χ1n) is 2.31. The van der Waals surface area contributed by atoms with Crippen molar-refractivity contribution in [2.75, 3.05) is 6.29 Å². The highest BCUT2D eigenvalue weighted by molar-refractivity contribution is 7.51. The minimum absolute atomic E-state index is 0.312. The molecule has 0 spiro atoms. The number of carbonyl (C=O) groups excluding carboxylic acids is 1. The van der Waals surface area contributed by atoms with Gasteiger partial charge in [0.1, 0.15) is 0 Å². The standard InChI is InChI=1S/C2H4O2.CH6NO3P/c1-2(3)4;2-1-6(3,4)5/h1H3,(H,3,4);1-2H2,(H2,3,4,5). The molecule has 0 unspecified atom stereocenters. The van der Waals surface area contributed by atoms with Gasteiger partial charge < -0.3 is 25.4 Å². The highest BCUT2D eigenvalue weighted by Crippen LogP contribution is 2.29. The normalized spacial score (nSPS) is 9.60. The first kappa shape index (κ1) is 12.3. The van der Waals surface area contributed by atoms with E-state index in [1.165, 1.54) is 0 Å². The lowest BCUT2D eigenvalue weighted by atomic mass is 10.9. The first-order chi connectivity index (χ1) is 4.29. The third kappa shape index (κ3) is 49.3. The SMILES string of the molecule is CC(=O)[O-].[NH3+]CP(=O)(O)O. The molecule has 0 rings (SSSR count). The van der Waals surface area contributed by atoms with Gasteiger partial charge in [-0.1, -0.05) is 0 Å². The van der Waals surface area contributed by atoms with E-state index in [1.807, 2.05) is 0 Å². The van der Waals surface area contributed by atoms with Crippen LogP contribution >= 0.6 is 7.60 Å². The number of carbonyl (C=O) groups is 1. The van der Waals surface area contributed by atoms with Gasteiger partial charge in [-0.15, -0.1) is 0 Å². The van der Waals surface area contributed by atoms with E-state index in [-0.39, 0.29) is 6.29 Å². The van der Waals surface area contributed by atoms with Crippen molar-refractivity contribution in [3.63, 3.8) is 0 Å². The van der Waals surface area contributed by atoms with Crippen molar-refractivity contribution in [3.05, 3.63) is 0 Å². The number of rotatable bonds is 1. The van der Waals surface area contributed by atoms with Gasteiger partial charge in [0.25, 0.3) is 0 Å². The van der Waals surface area contributed by atoms with Gasteiger partial charge in [-0.25, -0.2) is 0 Å². The number of carboxylic acids is 1. The minimum Gasteiger partial charge on any atom is -0.550 e. The van der Waals surface area contributed by atoms with Crippen molar-refractivity contribution in [1.29, 1.82) is 0 Å². The molecule has 0 fully saturated rings. The molecule has 0 saturated carbocycles. The first-order valence-corrected chi connectivity index (χ1v) is 4.10. The van der Waals surface area contributed by atoms with Gasteiger partial charge in [-0.2, -0.15) is 0 Å². The van der Waals surface area contributed by atoms with Crippen LogP contribution in [-0.2, 0) is 9.36 Å². The Labute approximate surface area is 57.8 Å². The fourth-order valence-corrected chi connectivity index (χ4v) is 0. The summed E-state index contributed by atoms with van der Waals surface area (Å²) in [6.07, 6.45) is -0.312. The van der Waals surface area contributed by atoms with Crippen LogP contribution < -0.4 is 10.8 Å². The summed E-state index contributed by atoms with van der Waals surface area (Å²) in [5.41, 5.74) is 2.99. The van der Waals surface area contributed by atoms with Gasteiger partial charge in [0.05, 0.1) is 0 Å². The molecule has 0 aliphatic heterocycles. The van der Waals surface area contributed by atoms with Gasteiger partial charge in [-0.3, -0.25) is 4.57 Å². The number of aliphatic carboxylic acids is 1. The molecule has 0 heterocycles. The van der Waals surface area contributed by atoms with Gasteiger partial charge in [0, 0.05) is 5.97 Å². The zero-order chi connectivity index (χ0) is 8.78. The molecule has 10 heavy (non-hydrogen) atoms. The van der Waals surface area contributed by atoms with Crippen LogP contribution in [0, 0.1) is 0 Å². The van der Waals surface area contributed by atoms with Gasteiger partial charge >= 0.3 is 7.60 Å². The van der Waals surface area contributed by atoms with Crippen molar-refractivity contribution >= 4 is 13.6 Å². The predicted molar refractivity (Wildman–Crippen MR) is 30.5 cm³/mol. The van der Waals surface area contributed by atoms with Crippen LogP contribution in [0.15, 0.2) is 0 Å². The largest absolute Gasteiger partial charge is 0.550 e. The van der Waals surface area contributed by atoms with Crippen molar-refractivity contribution in [3.8, 4) is 0 Å². The van der Waals surface area contributed by atoms with Crippen LogP contribution in [-0.4, -0.2) is 22.0 Å². The summed E-state index contributed by atoms with van der Waals surface area (Å²) in [4.78, 5) is 24.6. The fraction of sp³-hybridized carbons (Fsp3) is 0.667. The van der Waals surface area contributed by atoms with E-state index in [0.29, 0.717) is 0 Å². The van der Waals surface area contributed by atoms with E-state index in [9.17, 15) is 4.57 Å². The molecule has 62 valence electrons. The molecule has 0 atom stereocenters. The topological polar surface area (TPSA) is 125 Å². The highest BCUT2D eigenvalue weighted by Gasteiger charge is 2.09. The average molecular weight is 171 g/mol. The predicted octanol–water partition coefficient (Wildman–Crippen LogP) is -2.88. The van der Waals surface area contributed by atoms with Gasteiger partial charge in [0.2, 0.25) is 0 Å². The quantitative estimate of drug-likeness (QED) is 0.365. The summed E-state index contributed by atoms with van der Waals surface area (Å²) in [5.74, 6) is -1.08. The highest BCUT2D eigenvalue weighted by atomic mass is 31.2. The molecule has 0 bridgehead atoms. The maximum Gasteiger partial charge on any atom is 0.379 e. The van der Waals surface area contributed by atoms with Crippen molar-refractivity contribution < 1.29 is 30.0 Å². The Morgan fingerprint density at radius 2 is 1.80 bits per heavy atom. The molecule has 0 aliphatic rings. The Morgan fingerprint density at radius 3 is 1.80 bits per heavy atom. The monoisotopic (exact) mass is 171 g/mol. The summed E-state index contributed by atoms with van der Waals surface area (Å²) < 4.78 is 9.63. The van der Waals surface area contributed by atoms with Crippen molar-refractivity contribution in [2.24, 2.45) is 0 Å². The minimum atomic E-state index is -3.76. The molecular weight excluding hydrogens is 161 g/mol. The Morgan fingerprint density at radius 1 is 1.70 bits per heavy atom. The lowest BCUT2D eigenvalue weighted by Gasteiger charge is -1.89. The molecule has 6 nitrogen and oxygen atoms in total. The van der Waals surface area contributed by atoms with Crippen LogP contribution in [0.4, 0.5) is 0 Å². The maximum atomic E-state index is 9.63. The van der Waals surface area contributed by atoms with Crippen LogP contribution in [0.2, 0.25) is 0 Å². The third-order valence-corrected chi connectivity index (χ3v) is 0.874. The van der Waals surface area contributed by atoms with E-state index in [0.717, 1.165) is 6.92 Å². The molecule has 0 radical (unpaired) electrons. The number of quaternary nitrogens is 1. The Kier molecular flexibility index (Phi) is 6.59. The molecule has 0 saturated heterocycles. The summed E-state index contributed by atoms with van der Waals surface area (Å²) in [6, 6.07) is 0. The van der Waals surface area contributed by atoms with Crippen LogP contribution in [0.5, 0.6) is 0 Å². The lowest BCUT2D eigenvalue weighted by molar-refractivity contribution is -0.345. The smallest absolute Gasteiger partial charge is 0.379 e. The van der Waals surface area contributed by atoms with E-state index < -0.39 is 13.6 Å².